The average Bonchev–Trinajstić information content (AvgIpc) is 3.75. The van der Waals surface area contributed by atoms with Crippen LogP contribution in [0, 0.1) is 11.8 Å². The number of ether oxygens (including phenoxy) is 1. The second kappa shape index (κ2) is 14.2. The smallest absolute Gasteiger partial charge is 0.251 e. The molecule has 3 aromatic carbocycles. The van der Waals surface area contributed by atoms with Gasteiger partial charge in [0.1, 0.15) is 11.8 Å². The summed E-state index contributed by atoms with van der Waals surface area (Å²) < 4.78 is 4.75. The van der Waals surface area contributed by atoms with Gasteiger partial charge < -0.3 is 24.5 Å². The number of hydrogen-bond acceptors (Lipinski definition) is 6. The molecule has 0 aliphatic carbocycles. The summed E-state index contributed by atoms with van der Waals surface area (Å²) >= 11 is 7.79. The maximum Gasteiger partial charge on any atom is 0.251 e. The van der Waals surface area contributed by atoms with Crippen LogP contribution in [0.1, 0.15) is 31.4 Å². The van der Waals surface area contributed by atoms with Gasteiger partial charge in [0.2, 0.25) is 11.8 Å². The molecule has 0 aromatic heterocycles. The Kier molecular flexibility index (Phi) is 10.0. The first kappa shape index (κ1) is 33.8. The number of aliphatic hydroxyl groups excluding tert-OH is 1. The third kappa shape index (κ3) is 5.82. The number of anilines is 2. The number of likely N-dealkylation sites (tertiary alicyclic amines) is 1. The fraction of sp³-hybridized carbons (Fsp3) is 0.342. The fourth-order valence-corrected chi connectivity index (χ4v) is 10.1. The number of carbonyl (C=O) groups excluding carboxylic acids is 3. The van der Waals surface area contributed by atoms with Crippen LogP contribution in [0.4, 0.5) is 11.4 Å². The monoisotopic (exact) mass is 685 g/mol. The normalized spacial score (nSPS) is 24.6. The molecule has 250 valence electrons. The van der Waals surface area contributed by atoms with Crippen molar-refractivity contribution in [3.8, 4) is 5.75 Å². The largest absolute Gasteiger partial charge is 0.494 e. The molecule has 8 nitrogen and oxygen atoms in total. The van der Waals surface area contributed by atoms with Crippen molar-refractivity contribution in [3.63, 3.8) is 0 Å². The fourth-order valence-electron chi connectivity index (χ4n) is 7.76. The Morgan fingerprint density at radius 2 is 1.60 bits per heavy atom. The molecule has 6 rings (SSSR count). The van der Waals surface area contributed by atoms with Gasteiger partial charge in [-0.2, -0.15) is 0 Å². The van der Waals surface area contributed by atoms with Crippen LogP contribution in [0.2, 0.25) is 5.02 Å². The van der Waals surface area contributed by atoms with Crippen LogP contribution in [0.3, 0.4) is 0 Å². The predicted octanol–water partition coefficient (Wildman–Crippen LogP) is 6.30. The quantitative estimate of drug-likeness (QED) is 0.213. The number of carbonyl (C=O) groups is 3. The highest BCUT2D eigenvalue weighted by atomic mass is 35.5. The molecular formula is C38H40ClN3O5S. The number of thioether (sulfide) groups is 1. The molecule has 0 saturated carbocycles. The van der Waals surface area contributed by atoms with Crippen LogP contribution in [-0.4, -0.2) is 70.1 Å². The van der Waals surface area contributed by atoms with Crippen molar-refractivity contribution in [1.29, 1.82) is 0 Å². The van der Waals surface area contributed by atoms with Crippen molar-refractivity contribution >= 4 is 52.5 Å². The average molecular weight is 686 g/mol. The molecule has 48 heavy (non-hydrogen) atoms. The molecule has 2 bridgehead atoms. The van der Waals surface area contributed by atoms with E-state index in [-0.39, 0.29) is 42.7 Å². The van der Waals surface area contributed by atoms with E-state index < -0.39 is 28.7 Å². The van der Waals surface area contributed by atoms with Crippen LogP contribution in [0.15, 0.2) is 104 Å². The van der Waals surface area contributed by atoms with Crippen molar-refractivity contribution in [2.75, 3.05) is 36.1 Å². The molecule has 3 aliphatic heterocycles. The van der Waals surface area contributed by atoms with Crippen molar-refractivity contribution in [2.24, 2.45) is 11.8 Å². The summed E-state index contributed by atoms with van der Waals surface area (Å²) in [6, 6.07) is 21.9. The Morgan fingerprint density at radius 3 is 2.19 bits per heavy atom. The Morgan fingerprint density at radius 1 is 1.00 bits per heavy atom. The zero-order chi connectivity index (χ0) is 34.0. The third-order valence-corrected chi connectivity index (χ3v) is 11.9. The lowest BCUT2D eigenvalue weighted by molar-refractivity contribution is -0.142. The minimum atomic E-state index is -0.936. The third-order valence-electron chi connectivity index (χ3n) is 9.70. The topological polar surface area (TPSA) is 90.4 Å². The minimum absolute atomic E-state index is 0.147. The van der Waals surface area contributed by atoms with E-state index in [4.69, 9.17) is 16.3 Å². The summed E-state index contributed by atoms with van der Waals surface area (Å²) in [5.74, 6) is -1.47. The van der Waals surface area contributed by atoms with Crippen molar-refractivity contribution < 1.29 is 24.2 Å². The highest BCUT2D eigenvalue weighted by Gasteiger charge is 2.74. The first-order chi connectivity index (χ1) is 23.3. The van der Waals surface area contributed by atoms with E-state index in [1.165, 1.54) is 0 Å². The second-order valence-electron chi connectivity index (χ2n) is 12.3. The summed E-state index contributed by atoms with van der Waals surface area (Å²) in [4.78, 5) is 49.5. The molecule has 3 fully saturated rings. The highest BCUT2D eigenvalue weighted by molar-refractivity contribution is 8.02. The van der Waals surface area contributed by atoms with Gasteiger partial charge in [0.15, 0.2) is 0 Å². The van der Waals surface area contributed by atoms with E-state index >= 15 is 4.79 Å². The Bertz CT molecular complexity index is 1670. The zero-order valence-electron chi connectivity index (χ0n) is 26.9. The van der Waals surface area contributed by atoms with E-state index in [2.05, 4.69) is 13.2 Å². The van der Waals surface area contributed by atoms with Gasteiger partial charge in [0.05, 0.1) is 35.8 Å². The lowest BCUT2D eigenvalue weighted by Crippen LogP contribution is -2.56. The molecule has 10 heteroatoms. The number of fused-ring (bicyclic) bond motifs is 1. The molecule has 3 aromatic rings. The zero-order valence-corrected chi connectivity index (χ0v) is 28.5. The maximum atomic E-state index is 15.0. The number of rotatable bonds is 13. The number of hydrogen-bond donors (Lipinski definition) is 1. The maximum absolute atomic E-state index is 15.0. The number of aliphatic hydroxyl groups is 1. The Hall–Kier alpha value is -4.05. The van der Waals surface area contributed by atoms with Gasteiger partial charge in [-0.3, -0.25) is 14.4 Å². The van der Waals surface area contributed by atoms with E-state index in [1.807, 2.05) is 61.5 Å². The first-order valence-corrected chi connectivity index (χ1v) is 17.5. The summed E-state index contributed by atoms with van der Waals surface area (Å²) in [5.41, 5.74) is 2.02. The van der Waals surface area contributed by atoms with Gasteiger partial charge in [-0.05, 0) is 73.9 Å². The van der Waals surface area contributed by atoms with Crippen molar-refractivity contribution in [1.82, 2.24) is 4.90 Å². The molecule has 3 saturated heterocycles. The number of amides is 3. The van der Waals surface area contributed by atoms with Crippen molar-refractivity contribution in [3.05, 3.63) is 115 Å². The summed E-state index contributed by atoms with van der Waals surface area (Å²) in [6.07, 6.45) is 4.61. The summed E-state index contributed by atoms with van der Waals surface area (Å²) in [5, 5.41) is 11.3. The molecular weight excluding hydrogens is 646 g/mol. The van der Waals surface area contributed by atoms with Gasteiger partial charge in [0.25, 0.3) is 5.91 Å². The van der Waals surface area contributed by atoms with Crippen LogP contribution in [0.5, 0.6) is 5.75 Å². The molecule has 1 N–H and O–H groups in total. The Labute approximate surface area is 291 Å². The van der Waals surface area contributed by atoms with Crippen LogP contribution in [-0.2, 0) is 14.4 Å². The SMILES string of the molecule is C=CCN(C(=O)C1N([C@H](CO)c2ccccc2)C(=O)[C@@H]2[C@H](C(=O)N(CC=C)c3ccc(OCC)cc3)[C@@H]3CCC12S3)c1ccc(Cl)cc1. The van der Waals surface area contributed by atoms with Gasteiger partial charge in [-0.15, -0.1) is 24.9 Å². The van der Waals surface area contributed by atoms with E-state index in [1.54, 1.807) is 62.9 Å². The summed E-state index contributed by atoms with van der Waals surface area (Å²) in [7, 11) is 0. The van der Waals surface area contributed by atoms with Gasteiger partial charge in [0, 0.05) is 34.7 Å². The molecule has 3 amide bonds. The van der Waals surface area contributed by atoms with Crippen LogP contribution in [0.25, 0.3) is 0 Å². The number of nitrogens with zero attached hydrogens (tertiary/aromatic N) is 3. The first-order valence-electron chi connectivity index (χ1n) is 16.3. The number of halogens is 1. The van der Waals surface area contributed by atoms with E-state index in [0.29, 0.717) is 41.6 Å². The van der Waals surface area contributed by atoms with E-state index in [9.17, 15) is 14.7 Å². The summed E-state index contributed by atoms with van der Waals surface area (Å²) in [6.45, 7) is 10.3. The second-order valence-corrected chi connectivity index (χ2v) is 14.3. The van der Waals surface area contributed by atoms with Gasteiger partial charge in [-0.1, -0.05) is 54.1 Å². The standard InChI is InChI=1S/C38H40ClN3O5S/c1-4-22-40(28-16-18-29(19-17-28)47-6-3)35(44)32-31-20-21-38(48-31)33(32)36(45)42(30(24-43)25-10-8-7-9-11-25)34(38)37(46)41(23-5-2)27-14-12-26(39)13-15-27/h4-5,7-19,30-34,43H,1-2,6,20-24H2,3H3/t30-,31+,32-,33+,34?,38?/m1/s1. The lowest BCUT2D eigenvalue weighted by Gasteiger charge is -2.39. The van der Waals surface area contributed by atoms with E-state index in [0.717, 1.165) is 5.56 Å². The molecule has 1 spiro atoms. The van der Waals surface area contributed by atoms with Gasteiger partial charge in [-0.25, -0.2) is 0 Å². The molecule has 2 unspecified atom stereocenters. The van der Waals surface area contributed by atoms with Crippen molar-refractivity contribution in [2.45, 2.75) is 41.8 Å². The minimum Gasteiger partial charge on any atom is -0.494 e. The molecule has 0 radical (unpaired) electrons. The molecule has 3 aliphatic rings. The Balaban J connectivity index is 1.44. The molecule has 6 atom stereocenters. The number of benzene rings is 3. The molecule has 3 heterocycles. The predicted molar refractivity (Wildman–Crippen MR) is 191 cm³/mol. The lowest BCUT2D eigenvalue weighted by atomic mass is 9.70. The van der Waals surface area contributed by atoms with Crippen LogP contribution >= 0.6 is 23.4 Å². The highest BCUT2D eigenvalue weighted by Crippen LogP contribution is 2.67. The van der Waals surface area contributed by atoms with Gasteiger partial charge >= 0.3 is 0 Å². The van der Waals surface area contributed by atoms with Crippen LogP contribution < -0.4 is 14.5 Å².